The summed E-state index contributed by atoms with van der Waals surface area (Å²) < 4.78 is 46.6. The normalized spacial score (nSPS) is 16.0. The summed E-state index contributed by atoms with van der Waals surface area (Å²) in [5, 5.41) is 6.66. The number of aliphatic imine (C=N–C) groups is 1. The molecule has 0 radical (unpaired) electrons. The van der Waals surface area contributed by atoms with Crippen molar-refractivity contribution in [1.29, 1.82) is 0 Å². The number of guanidine groups is 1. The van der Waals surface area contributed by atoms with E-state index in [9.17, 15) is 13.2 Å². The monoisotopic (exact) mass is 558 g/mol. The lowest BCUT2D eigenvalue weighted by molar-refractivity contribution is -0.176. The Bertz CT molecular complexity index is 664. The van der Waals surface area contributed by atoms with E-state index in [2.05, 4.69) is 39.1 Å². The van der Waals surface area contributed by atoms with Crippen LogP contribution in [0.25, 0.3) is 0 Å². The largest absolute Gasteiger partial charge is 0.411 e. The zero-order valence-electron chi connectivity index (χ0n) is 18.4. The highest BCUT2D eigenvalue weighted by atomic mass is 127. The molecule has 0 amide bonds. The van der Waals surface area contributed by atoms with E-state index in [4.69, 9.17) is 4.74 Å². The first-order valence-electron chi connectivity index (χ1n) is 10.3. The molecule has 0 aliphatic carbocycles. The summed E-state index contributed by atoms with van der Waals surface area (Å²) in [5.41, 5.74) is 1.64. The second-order valence-electron chi connectivity index (χ2n) is 7.89. The minimum absolute atomic E-state index is 0. The van der Waals surface area contributed by atoms with Gasteiger partial charge in [0.1, 0.15) is 6.61 Å². The number of rotatable bonds is 9. The van der Waals surface area contributed by atoms with Crippen molar-refractivity contribution >= 4 is 29.9 Å². The molecule has 1 fully saturated rings. The number of hydrogen-bond donors (Lipinski definition) is 2. The molecule has 0 unspecified atom stereocenters. The summed E-state index contributed by atoms with van der Waals surface area (Å²) in [6, 6.07) is 7.25. The van der Waals surface area contributed by atoms with E-state index in [1.54, 1.807) is 12.1 Å². The summed E-state index contributed by atoms with van der Waals surface area (Å²) in [4.78, 5) is 7.04. The Labute approximate surface area is 200 Å². The van der Waals surface area contributed by atoms with Crippen molar-refractivity contribution in [3.05, 3.63) is 35.4 Å². The fraction of sp³-hybridized carbons (Fsp3) is 0.667. The number of ether oxygens (including phenoxy) is 2. The smallest absolute Gasteiger partial charge is 0.379 e. The lowest BCUT2D eigenvalue weighted by Gasteiger charge is -2.41. The molecule has 10 heteroatoms. The molecule has 1 aromatic carbocycles. The number of nitrogens with zero attached hydrogens (tertiary/aromatic N) is 2. The van der Waals surface area contributed by atoms with Gasteiger partial charge >= 0.3 is 6.18 Å². The minimum atomic E-state index is -4.30. The predicted octanol–water partition coefficient (Wildman–Crippen LogP) is 3.55. The second kappa shape index (κ2) is 13.4. The van der Waals surface area contributed by atoms with Crippen LogP contribution in [0.1, 0.15) is 31.9 Å². The number of alkyl halides is 3. The van der Waals surface area contributed by atoms with Gasteiger partial charge in [-0.2, -0.15) is 13.2 Å². The Hall–Kier alpha value is -1.11. The molecule has 1 aromatic rings. The number of benzene rings is 1. The zero-order valence-corrected chi connectivity index (χ0v) is 20.8. The Morgan fingerprint density at radius 3 is 2.29 bits per heavy atom. The van der Waals surface area contributed by atoms with Crippen molar-refractivity contribution in [2.45, 2.75) is 45.6 Å². The maximum atomic E-state index is 12.1. The van der Waals surface area contributed by atoms with Gasteiger partial charge in [-0.15, -0.1) is 24.0 Å². The van der Waals surface area contributed by atoms with Crippen molar-refractivity contribution in [2.75, 3.05) is 46.0 Å². The summed E-state index contributed by atoms with van der Waals surface area (Å²) in [6.45, 7) is 10.4. The molecular weight excluding hydrogens is 524 g/mol. The number of hydrogen-bond acceptors (Lipinski definition) is 4. The van der Waals surface area contributed by atoms with Crippen LogP contribution < -0.4 is 10.6 Å². The summed E-state index contributed by atoms with van der Waals surface area (Å²) in [5.74, 6) is 0.733. The highest BCUT2D eigenvalue weighted by molar-refractivity contribution is 14.0. The predicted molar refractivity (Wildman–Crippen MR) is 127 cm³/mol. The van der Waals surface area contributed by atoms with Gasteiger partial charge in [-0.05, 0) is 31.9 Å². The first-order chi connectivity index (χ1) is 14.2. The third-order valence-electron chi connectivity index (χ3n) is 4.88. The first kappa shape index (κ1) is 27.9. The lowest BCUT2D eigenvalue weighted by atomic mass is 10.0. The van der Waals surface area contributed by atoms with Gasteiger partial charge in [0.2, 0.25) is 0 Å². The number of nitrogens with one attached hydrogen (secondary N) is 2. The third-order valence-corrected chi connectivity index (χ3v) is 4.88. The van der Waals surface area contributed by atoms with Crippen LogP contribution in [0.2, 0.25) is 0 Å². The molecule has 1 aliphatic rings. The van der Waals surface area contributed by atoms with Gasteiger partial charge in [-0.3, -0.25) is 4.90 Å². The molecule has 2 N–H and O–H groups in total. The average molecular weight is 558 g/mol. The fourth-order valence-corrected chi connectivity index (χ4v) is 3.12. The van der Waals surface area contributed by atoms with Gasteiger partial charge < -0.3 is 20.1 Å². The molecule has 0 saturated carbocycles. The first-order valence-corrected chi connectivity index (χ1v) is 10.3. The van der Waals surface area contributed by atoms with E-state index in [0.717, 1.165) is 50.9 Å². The zero-order chi connectivity index (χ0) is 22.0. The molecule has 0 aromatic heterocycles. The molecule has 1 aliphatic heterocycles. The Morgan fingerprint density at radius 2 is 1.71 bits per heavy atom. The van der Waals surface area contributed by atoms with Gasteiger partial charge in [0.25, 0.3) is 0 Å². The quantitative estimate of drug-likeness (QED) is 0.276. The summed E-state index contributed by atoms with van der Waals surface area (Å²) in [6.07, 6.45) is -4.30. The average Bonchev–Trinajstić information content (AvgIpc) is 2.71. The van der Waals surface area contributed by atoms with Crippen molar-refractivity contribution in [3.63, 3.8) is 0 Å². The van der Waals surface area contributed by atoms with E-state index in [1.165, 1.54) is 0 Å². The Morgan fingerprint density at radius 1 is 1.10 bits per heavy atom. The number of morpholine rings is 1. The molecule has 2 rings (SSSR count). The molecule has 6 nitrogen and oxygen atoms in total. The van der Waals surface area contributed by atoms with Crippen LogP contribution in [0.3, 0.4) is 0 Å². The van der Waals surface area contributed by atoms with Crippen LogP contribution in [0.4, 0.5) is 13.2 Å². The topological polar surface area (TPSA) is 58.1 Å². The lowest BCUT2D eigenvalue weighted by Crippen LogP contribution is -2.56. The van der Waals surface area contributed by atoms with Gasteiger partial charge in [0, 0.05) is 31.7 Å². The van der Waals surface area contributed by atoms with Gasteiger partial charge in [-0.25, -0.2) is 4.99 Å². The molecule has 0 bridgehead atoms. The van der Waals surface area contributed by atoms with E-state index >= 15 is 0 Å². The van der Waals surface area contributed by atoms with E-state index in [-0.39, 0.29) is 36.1 Å². The van der Waals surface area contributed by atoms with Gasteiger partial charge in [-0.1, -0.05) is 24.3 Å². The summed E-state index contributed by atoms with van der Waals surface area (Å²) >= 11 is 0. The van der Waals surface area contributed by atoms with Crippen LogP contribution in [0, 0.1) is 0 Å². The van der Waals surface area contributed by atoms with E-state index in [1.807, 2.05) is 19.1 Å². The molecule has 0 atom stereocenters. The molecule has 178 valence electrons. The molecule has 31 heavy (non-hydrogen) atoms. The van der Waals surface area contributed by atoms with E-state index < -0.39 is 12.8 Å². The van der Waals surface area contributed by atoms with Gasteiger partial charge in [0.05, 0.1) is 26.4 Å². The minimum Gasteiger partial charge on any atom is -0.379 e. The van der Waals surface area contributed by atoms with Crippen LogP contribution >= 0.6 is 24.0 Å². The van der Waals surface area contributed by atoms with Crippen molar-refractivity contribution < 1.29 is 22.6 Å². The Balaban J connectivity index is 0.00000480. The van der Waals surface area contributed by atoms with Crippen molar-refractivity contribution in [3.8, 4) is 0 Å². The van der Waals surface area contributed by atoms with Crippen LogP contribution in [0.15, 0.2) is 29.3 Å². The standard InChI is InChI=1S/C21H33F3N4O2.HI/c1-4-25-19(27-15-20(2,3)28-9-11-29-12-10-28)26-13-17-5-7-18(8-6-17)14-30-16-21(22,23)24;/h5-8H,4,9-16H2,1-3H3,(H2,25,26,27);1H. The molecular formula is C21H34F3IN4O2. The molecule has 1 heterocycles. The fourth-order valence-electron chi connectivity index (χ4n) is 3.12. The van der Waals surface area contributed by atoms with Gasteiger partial charge in [0.15, 0.2) is 5.96 Å². The van der Waals surface area contributed by atoms with Crippen molar-refractivity contribution in [2.24, 2.45) is 4.99 Å². The summed E-state index contributed by atoms with van der Waals surface area (Å²) in [7, 11) is 0. The molecule has 0 spiro atoms. The maximum Gasteiger partial charge on any atom is 0.411 e. The second-order valence-corrected chi connectivity index (χ2v) is 7.89. The highest BCUT2D eigenvalue weighted by Gasteiger charge is 2.28. The highest BCUT2D eigenvalue weighted by Crippen LogP contribution is 2.16. The van der Waals surface area contributed by atoms with Crippen molar-refractivity contribution in [1.82, 2.24) is 15.5 Å². The third kappa shape index (κ3) is 10.8. The van der Waals surface area contributed by atoms with Crippen LogP contribution in [-0.4, -0.2) is 68.6 Å². The maximum absolute atomic E-state index is 12.1. The van der Waals surface area contributed by atoms with Crippen LogP contribution in [-0.2, 0) is 22.6 Å². The molecule has 1 saturated heterocycles. The van der Waals surface area contributed by atoms with Crippen LogP contribution in [0.5, 0.6) is 0 Å². The SMILES string of the molecule is CCNC(=NCc1ccc(COCC(F)(F)F)cc1)NCC(C)(C)N1CCOCC1.I. The Kier molecular flexibility index (Phi) is 12.1. The number of halogens is 4. The van der Waals surface area contributed by atoms with E-state index in [0.29, 0.717) is 12.1 Å².